The predicted molar refractivity (Wildman–Crippen MR) is 72.0 cm³/mol. The first-order chi connectivity index (χ1) is 9.90. The van der Waals surface area contributed by atoms with Crippen molar-refractivity contribution in [2.45, 2.75) is 12.8 Å². The van der Waals surface area contributed by atoms with E-state index in [1.807, 2.05) is 0 Å². The maximum Gasteiger partial charge on any atom is 0.354 e. The van der Waals surface area contributed by atoms with Crippen LogP contribution < -0.4 is 10.6 Å². The fourth-order valence-corrected chi connectivity index (χ4v) is 2.34. The van der Waals surface area contributed by atoms with E-state index in [9.17, 15) is 19.7 Å². The van der Waals surface area contributed by atoms with Gasteiger partial charge in [-0.3, -0.25) is 14.9 Å². The highest BCUT2D eigenvalue weighted by atomic mass is 16.6. The van der Waals surface area contributed by atoms with Gasteiger partial charge in [0.25, 0.3) is 0 Å². The van der Waals surface area contributed by atoms with Crippen molar-refractivity contribution in [3.63, 3.8) is 0 Å². The molecule has 0 bridgehead atoms. The molecule has 3 N–H and O–H groups in total. The molecule has 1 amide bonds. The molecule has 9 nitrogen and oxygen atoms in total. The number of nitro groups is 1. The number of aromatic nitrogens is 1. The zero-order valence-corrected chi connectivity index (χ0v) is 11.1. The molecule has 9 heteroatoms. The summed E-state index contributed by atoms with van der Waals surface area (Å²) in [5, 5.41) is 20.0. The second-order valence-corrected chi connectivity index (χ2v) is 4.79. The van der Waals surface area contributed by atoms with Crippen molar-refractivity contribution in [2.24, 2.45) is 11.7 Å². The van der Waals surface area contributed by atoms with Crippen molar-refractivity contribution in [3.8, 4) is 0 Å². The van der Waals surface area contributed by atoms with Gasteiger partial charge in [0.2, 0.25) is 11.7 Å². The number of carbonyl (C=O) groups is 2. The molecule has 21 heavy (non-hydrogen) atoms. The van der Waals surface area contributed by atoms with E-state index >= 15 is 0 Å². The molecule has 0 aliphatic carbocycles. The Hall–Kier alpha value is -2.71. The molecule has 0 radical (unpaired) electrons. The molecule has 0 spiro atoms. The van der Waals surface area contributed by atoms with Crippen LogP contribution >= 0.6 is 0 Å². The van der Waals surface area contributed by atoms with Crippen molar-refractivity contribution < 1.29 is 19.6 Å². The Morgan fingerprint density at radius 1 is 1.48 bits per heavy atom. The Labute approximate surface area is 119 Å². The Kier molecular flexibility index (Phi) is 4.01. The zero-order valence-electron chi connectivity index (χ0n) is 11.1. The minimum Gasteiger partial charge on any atom is -0.477 e. The highest BCUT2D eigenvalue weighted by Crippen LogP contribution is 2.30. The molecule has 1 aliphatic rings. The molecule has 1 aromatic heterocycles. The molecule has 1 unspecified atom stereocenters. The van der Waals surface area contributed by atoms with Crippen molar-refractivity contribution in [2.75, 3.05) is 18.0 Å². The summed E-state index contributed by atoms with van der Waals surface area (Å²) in [5.41, 5.74) is 4.70. The largest absolute Gasteiger partial charge is 0.477 e. The number of hydrogen-bond donors (Lipinski definition) is 2. The van der Waals surface area contributed by atoms with Crippen LogP contribution in [0, 0.1) is 16.0 Å². The highest BCUT2D eigenvalue weighted by molar-refractivity contribution is 5.86. The molecule has 0 aromatic carbocycles. The first-order valence-corrected chi connectivity index (χ1v) is 6.33. The van der Waals surface area contributed by atoms with Crippen molar-refractivity contribution in [3.05, 3.63) is 27.9 Å². The van der Waals surface area contributed by atoms with E-state index in [2.05, 4.69) is 4.98 Å². The Bertz CT molecular complexity index is 603. The second kappa shape index (κ2) is 5.73. The van der Waals surface area contributed by atoms with Gasteiger partial charge in [-0.15, -0.1) is 0 Å². The molecule has 1 aliphatic heterocycles. The van der Waals surface area contributed by atoms with E-state index in [1.54, 1.807) is 4.90 Å². The van der Waals surface area contributed by atoms with Crippen molar-refractivity contribution in [1.82, 2.24) is 4.98 Å². The normalized spacial score (nSPS) is 18.3. The van der Waals surface area contributed by atoms with Gasteiger partial charge in [-0.05, 0) is 18.9 Å². The van der Waals surface area contributed by atoms with Gasteiger partial charge >= 0.3 is 11.7 Å². The van der Waals surface area contributed by atoms with Gasteiger partial charge in [0.15, 0.2) is 5.69 Å². The molecule has 1 atom stereocenters. The summed E-state index contributed by atoms with van der Waals surface area (Å²) in [6, 6.07) is 2.19. The van der Waals surface area contributed by atoms with Gasteiger partial charge in [0.1, 0.15) is 0 Å². The van der Waals surface area contributed by atoms with Gasteiger partial charge in [0.05, 0.1) is 10.8 Å². The average molecular weight is 294 g/mol. The number of nitrogens with zero attached hydrogens (tertiary/aromatic N) is 3. The number of carboxylic acids is 1. The van der Waals surface area contributed by atoms with Crippen LogP contribution in [0.3, 0.4) is 0 Å². The molecular formula is C12H14N4O5. The van der Waals surface area contributed by atoms with E-state index in [4.69, 9.17) is 10.8 Å². The van der Waals surface area contributed by atoms with Crippen LogP contribution in [0.15, 0.2) is 12.1 Å². The maximum atomic E-state index is 11.3. The maximum absolute atomic E-state index is 11.3. The van der Waals surface area contributed by atoms with Crippen LogP contribution in [-0.4, -0.2) is 40.0 Å². The monoisotopic (exact) mass is 294 g/mol. The lowest BCUT2D eigenvalue weighted by atomic mass is 9.97. The average Bonchev–Trinajstić information content (AvgIpc) is 2.46. The van der Waals surface area contributed by atoms with Crippen molar-refractivity contribution in [1.29, 1.82) is 0 Å². The summed E-state index contributed by atoms with van der Waals surface area (Å²) in [6.07, 6.45) is 1.24. The number of rotatable bonds is 4. The number of amides is 1. The van der Waals surface area contributed by atoms with Gasteiger partial charge in [0, 0.05) is 19.2 Å². The minimum atomic E-state index is -1.27. The fourth-order valence-electron chi connectivity index (χ4n) is 2.34. The van der Waals surface area contributed by atoms with Crippen LogP contribution in [0.5, 0.6) is 0 Å². The summed E-state index contributed by atoms with van der Waals surface area (Å²) in [5.74, 6) is -2.20. The lowest BCUT2D eigenvalue weighted by molar-refractivity contribution is -0.384. The molecule has 2 rings (SSSR count). The predicted octanol–water partition coefficient (Wildman–Crippen LogP) is 0.390. The lowest BCUT2D eigenvalue weighted by Gasteiger charge is -2.31. The van der Waals surface area contributed by atoms with Gasteiger partial charge in [-0.1, -0.05) is 0 Å². The molecule has 1 aromatic rings. The SMILES string of the molecule is NC(=O)C1CCCN(c2nc(C(=O)O)ccc2[N+](=O)[O-])C1. The zero-order chi connectivity index (χ0) is 15.6. The Morgan fingerprint density at radius 3 is 2.76 bits per heavy atom. The van der Waals surface area contributed by atoms with Gasteiger partial charge < -0.3 is 15.7 Å². The third kappa shape index (κ3) is 3.07. The fraction of sp³-hybridized carbons (Fsp3) is 0.417. The summed E-state index contributed by atoms with van der Waals surface area (Å²) in [7, 11) is 0. The van der Waals surface area contributed by atoms with E-state index < -0.39 is 22.7 Å². The van der Waals surface area contributed by atoms with Crippen LogP contribution in [-0.2, 0) is 4.79 Å². The molecule has 1 saturated heterocycles. The number of carbonyl (C=O) groups excluding carboxylic acids is 1. The van der Waals surface area contributed by atoms with E-state index in [0.717, 1.165) is 12.1 Å². The van der Waals surface area contributed by atoms with Crippen LogP contribution in [0.1, 0.15) is 23.3 Å². The lowest BCUT2D eigenvalue weighted by Crippen LogP contribution is -2.41. The van der Waals surface area contributed by atoms with Crippen LogP contribution in [0.4, 0.5) is 11.5 Å². The summed E-state index contributed by atoms with van der Waals surface area (Å²) < 4.78 is 0. The number of hydrogen-bond acceptors (Lipinski definition) is 6. The summed E-state index contributed by atoms with van der Waals surface area (Å²) in [4.78, 5) is 38.1. The number of anilines is 1. The molecule has 0 saturated carbocycles. The Balaban J connectivity index is 2.40. The second-order valence-electron chi connectivity index (χ2n) is 4.79. The van der Waals surface area contributed by atoms with Crippen molar-refractivity contribution >= 4 is 23.4 Å². The number of primary amides is 1. The summed E-state index contributed by atoms with van der Waals surface area (Å²) >= 11 is 0. The Morgan fingerprint density at radius 2 is 2.19 bits per heavy atom. The minimum absolute atomic E-state index is 0.0362. The first-order valence-electron chi connectivity index (χ1n) is 6.33. The summed E-state index contributed by atoms with van der Waals surface area (Å²) in [6.45, 7) is 0.660. The molecular weight excluding hydrogens is 280 g/mol. The molecule has 2 heterocycles. The third-order valence-corrected chi connectivity index (χ3v) is 3.39. The smallest absolute Gasteiger partial charge is 0.354 e. The standard InChI is InChI=1S/C12H14N4O5/c13-10(17)7-2-1-5-15(6-7)11-9(16(20)21)4-3-8(14-11)12(18)19/h3-4,7H,1-2,5-6H2,(H2,13,17)(H,18,19). The quantitative estimate of drug-likeness (QED) is 0.604. The first kappa shape index (κ1) is 14.7. The molecule has 112 valence electrons. The van der Waals surface area contributed by atoms with E-state index in [1.165, 1.54) is 0 Å². The van der Waals surface area contributed by atoms with Gasteiger partial charge in [-0.25, -0.2) is 9.78 Å². The van der Waals surface area contributed by atoms with E-state index in [-0.39, 0.29) is 23.7 Å². The van der Waals surface area contributed by atoms with Crippen LogP contribution in [0.25, 0.3) is 0 Å². The third-order valence-electron chi connectivity index (χ3n) is 3.39. The van der Waals surface area contributed by atoms with Gasteiger partial charge in [-0.2, -0.15) is 0 Å². The number of nitrogens with two attached hydrogens (primary N) is 1. The van der Waals surface area contributed by atoms with E-state index in [0.29, 0.717) is 19.4 Å². The highest BCUT2D eigenvalue weighted by Gasteiger charge is 2.30. The molecule has 1 fully saturated rings. The number of carboxylic acid groups (broad SMARTS) is 1. The number of piperidine rings is 1. The topological polar surface area (TPSA) is 140 Å². The van der Waals surface area contributed by atoms with Crippen LogP contribution in [0.2, 0.25) is 0 Å². The number of pyridine rings is 1. The number of aromatic carboxylic acids is 1.